The van der Waals surface area contributed by atoms with E-state index in [1.807, 2.05) is 6.92 Å². The van der Waals surface area contributed by atoms with Crippen molar-refractivity contribution < 1.29 is 13.6 Å². The minimum Gasteiger partial charge on any atom is -0.355 e. The second-order valence-electron chi connectivity index (χ2n) is 4.48. The van der Waals surface area contributed by atoms with Crippen LogP contribution in [0.15, 0.2) is 12.1 Å². The van der Waals surface area contributed by atoms with E-state index >= 15 is 0 Å². The smallest absolute Gasteiger partial charge is 0.242 e. The largest absolute Gasteiger partial charge is 0.355 e. The lowest BCUT2D eigenvalue weighted by Crippen LogP contribution is -2.55. The van der Waals surface area contributed by atoms with Gasteiger partial charge in [-0.1, -0.05) is 13.0 Å². The Morgan fingerprint density at radius 3 is 2.79 bits per heavy atom. The molecule has 1 fully saturated rings. The van der Waals surface area contributed by atoms with Crippen LogP contribution in [0.5, 0.6) is 0 Å². The van der Waals surface area contributed by atoms with Crippen LogP contribution in [0.25, 0.3) is 0 Å². The Balaban J connectivity index is 2.40. The molecule has 1 amide bonds. The predicted octanol–water partition coefficient (Wildman–Crippen LogP) is 1.14. The second kappa shape index (κ2) is 5.52. The Labute approximate surface area is 110 Å². The van der Waals surface area contributed by atoms with Crippen LogP contribution < -0.4 is 16.0 Å². The molecule has 1 unspecified atom stereocenters. The summed E-state index contributed by atoms with van der Waals surface area (Å²) in [5.41, 5.74) is 5.60. The van der Waals surface area contributed by atoms with Crippen molar-refractivity contribution in [1.82, 2.24) is 5.32 Å². The van der Waals surface area contributed by atoms with Crippen molar-refractivity contribution in [2.45, 2.75) is 25.9 Å². The van der Waals surface area contributed by atoms with Gasteiger partial charge in [-0.05, 0) is 12.5 Å². The molecule has 1 atom stereocenters. The summed E-state index contributed by atoms with van der Waals surface area (Å²) in [6.45, 7) is 2.67. The van der Waals surface area contributed by atoms with E-state index in [1.165, 1.54) is 12.1 Å². The third kappa shape index (κ3) is 2.40. The first-order valence-corrected chi connectivity index (χ1v) is 6.31. The number of benzene rings is 1. The van der Waals surface area contributed by atoms with Gasteiger partial charge in [0, 0.05) is 25.2 Å². The number of piperazine rings is 1. The molecule has 1 aliphatic heterocycles. The van der Waals surface area contributed by atoms with E-state index in [2.05, 4.69) is 5.32 Å². The number of anilines is 1. The zero-order valence-electron chi connectivity index (χ0n) is 10.7. The van der Waals surface area contributed by atoms with Gasteiger partial charge in [-0.15, -0.1) is 0 Å². The lowest BCUT2D eigenvalue weighted by molar-refractivity contribution is -0.123. The molecular formula is C13H17F2N3O. The molecule has 19 heavy (non-hydrogen) atoms. The minimum absolute atomic E-state index is 0.0548. The molecule has 0 spiro atoms. The number of amides is 1. The maximum Gasteiger partial charge on any atom is 0.242 e. The second-order valence-corrected chi connectivity index (χ2v) is 4.48. The van der Waals surface area contributed by atoms with Crippen LogP contribution in [0, 0.1) is 11.6 Å². The molecule has 0 radical (unpaired) electrons. The lowest BCUT2D eigenvalue weighted by Gasteiger charge is -2.36. The van der Waals surface area contributed by atoms with E-state index in [1.54, 1.807) is 4.90 Å². The number of hydrogen-bond acceptors (Lipinski definition) is 3. The molecular weight excluding hydrogens is 252 g/mol. The van der Waals surface area contributed by atoms with Gasteiger partial charge in [-0.25, -0.2) is 8.78 Å². The number of rotatable bonds is 3. The summed E-state index contributed by atoms with van der Waals surface area (Å²) in [6, 6.07) is 2.49. The molecule has 1 aliphatic rings. The van der Waals surface area contributed by atoms with Crippen molar-refractivity contribution in [3.63, 3.8) is 0 Å². The fourth-order valence-corrected chi connectivity index (χ4v) is 2.37. The summed E-state index contributed by atoms with van der Waals surface area (Å²) in [5, 5.41) is 2.72. The van der Waals surface area contributed by atoms with Crippen LogP contribution in [0.3, 0.4) is 0 Å². The molecule has 1 aromatic rings. The molecule has 0 bridgehead atoms. The minimum atomic E-state index is -0.934. The Kier molecular flexibility index (Phi) is 3.99. The van der Waals surface area contributed by atoms with Gasteiger partial charge >= 0.3 is 0 Å². The van der Waals surface area contributed by atoms with E-state index in [0.717, 1.165) is 0 Å². The first-order chi connectivity index (χ1) is 9.10. The average Bonchev–Trinajstić information content (AvgIpc) is 2.41. The maximum atomic E-state index is 14.1. The van der Waals surface area contributed by atoms with Gasteiger partial charge in [-0.3, -0.25) is 4.79 Å². The summed E-state index contributed by atoms with van der Waals surface area (Å²) in [4.78, 5) is 13.3. The third-order valence-corrected chi connectivity index (χ3v) is 3.39. The Morgan fingerprint density at radius 2 is 2.16 bits per heavy atom. The Morgan fingerprint density at radius 1 is 1.42 bits per heavy atom. The highest BCUT2D eigenvalue weighted by molar-refractivity contribution is 5.86. The van der Waals surface area contributed by atoms with Crippen molar-refractivity contribution >= 4 is 11.6 Å². The van der Waals surface area contributed by atoms with Gasteiger partial charge in [0.1, 0.15) is 6.04 Å². The van der Waals surface area contributed by atoms with Gasteiger partial charge in [0.15, 0.2) is 11.6 Å². The number of nitrogens with one attached hydrogen (secondary N) is 1. The van der Waals surface area contributed by atoms with E-state index in [4.69, 9.17) is 5.73 Å². The zero-order valence-corrected chi connectivity index (χ0v) is 10.7. The van der Waals surface area contributed by atoms with Crippen molar-refractivity contribution in [1.29, 1.82) is 0 Å². The van der Waals surface area contributed by atoms with Crippen molar-refractivity contribution in [3.05, 3.63) is 29.3 Å². The number of nitrogens with two attached hydrogens (primary N) is 1. The standard InChI is InChI=1S/C13H17F2N3O/c1-2-9-13(19)17-5-6-18(9)10-4-3-8(7-16)11(14)12(10)15/h3-4,9H,2,5-7,16H2,1H3,(H,17,19). The Bertz CT molecular complexity index is 493. The summed E-state index contributed by atoms with van der Waals surface area (Å²) >= 11 is 0. The average molecular weight is 269 g/mol. The molecule has 1 heterocycles. The molecule has 3 N–H and O–H groups in total. The monoisotopic (exact) mass is 269 g/mol. The van der Waals surface area contributed by atoms with Gasteiger partial charge in [0.2, 0.25) is 5.91 Å². The molecule has 104 valence electrons. The summed E-state index contributed by atoms with van der Waals surface area (Å²) in [5.74, 6) is -2.02. The fraction of sp³-hybridized carbons (Fsp3) is 0.462. The molecule has 0 aliphatic carbocycles. The van der Waals surface area contributed by atoms with Crippen LogP contribution in [0.1, 0.15) is 18.9 Å². The van der Waals surface area contributed by atoms with E-state index < -0.39 is 17.7 Å². The topological polar surface area (TPSA) is 58.4 Å². The summed E-state index contributed by atoms with van der Waals surface area (Å²) in [6.07, 6.45) is 0.533. The highest BCUT2D eigenvalue weighted by Crippen LogP contribution is 2.27. The normalized spacial score (nSPS) is 19.5. The first kappa shape index (κ1) is 13.7. The van der Waals surface area contributed by atoms with Crippen LogP contribution in [0.2, 0.25) is 0 Å². The molecule has 6 heteroatoms. The van der Waals surface area contributed by atoms with Crippen molar-refractivity contribution in [2.24, 2.45) is 5.73 Å². The maximum absolute atomic E-state index is 14.1. The van der Waals surface area contributed by atoms with Gasteiger partial charge in [-0.2, -0.15) is 0 Å². The van der Waals surface area contributed by atoms with Crippen LogP contribution in [-0.4, -0.2) is 25.0 Å². The summed E-state index contributed by atoms with van der Waals surface area (Å²) in [7, 11) is 0. The van der Waals surface area contributed by atoms with E-state index in [9.17, 15) is 13.6 Å². The summed E-state index contributed by atoms with van der Waals surface area (Å²) < 4.78 is 27.8. The number of halogens is 2. The highest BCUT2D eigenvalue weighted by Gasteiger charge is 2.30. The number of carbonyl (C=O) groups excluding carboxylic acids is 1. The molecule has 2 rings (SSSR count). The molecule has 0 aromatic heterocycles. The number of hydrogen-bond donors (Lipinski definition) is 2. The van der Waals surface area contributed by atoms with Crippen LogP contribution in [0.4, 0.5) is 14.5 Å². The van der Waals surface area contributed by atoms with Gasteiger partial charge in [0.25, 0.3) is 0 Å². The first-order valence-electron chi connectivity index (χ1n) is 6.31. The van der Waals surface area contributed by atoms with Crippen LogP contribution >= 0.6 is 0 Å². The Hall–Kier alpha value is -1.69. The lowest BCUT2D eigenvalue weighted by atomic mass is 10.1. The SMILES string of the molecule is CCC1C(=O)NCCN1c1ccc(CN)c(F)c1F. The third-order valence-electron chi connectivity index (χ3n) is 3.39. The van der Waals surface area contributed by atoms with E-state index in [0.29, 0.717) is 19.5 Å². The van der Waals surface area contributed by atoms with Crippen molar-refractivity contribution in [2.75, 3.05) is 18.0 Å². The quantitative estimate of drug-likeness (QED) is 0.865. The molecule has 0 saturated carbocycles. The van der Waals surface area contributed by atoms with Crippen LogP contribution in [-0.2, 0) is 11.3 Å². The van der Waals surface area contributed by atoms with E-state index in [-0.39, 0.29) is 23.7 Å². The predicted molar refractivity (Wildman–Crippen MR) is 68.7 cm³/mol. The number of nitrogens with zero attached hydrogens (tertiary/aromatic N) is 1. The molecule has 1 aromatic carbocycles. The molecule has 1 saturated heterocycles. The fourth-order valence-electron chi connectivity index (χ4n) is 2.37. The van der Waals surface area contributed by atoms with Gasteiger partial charge < -0.3 is 16.0 Å². The van der Waals surface area contributed by atoms with Gasteiger partial charge in [0.05, 0.1) is 5.69 Å². The number of carbonyl (C=O) groups is 1. The molecule has 4 nitrogen and oxygen atoms in total. The van der Waals surface area contributed by atoms with Crippen molar-refractivity contribution in [3.8, 4) is 0 Å². The zero-order chi connectivity index (χ0) is 14.0. The highest BCUT2D eigenvalue weighted by atomic mass is 19.2.